The SMILES string of the molecule is C=CC(C)(C)C.C=CCOC(C(C)CC)C(C)CC.C=CCOC(C)CC.C=CCOC(COCC(C)CC)COCC(C)CC.C=CCOCC(C)C(C)C(C)CC.C=CCOCC(CC)(CC)CC.C=CCOCC(CC)(CC)CC.C=CCO[C@H]1OC(CC)[C@H](C)C(C)[C@H]1C. The molecule has 1 aliphatic heterocycles. The van der Waals surface area contributed by atoms with Gasteiger partial charge in [0.2, 0.25) is 0 Å². The summed E-state index contributed by atoms with van der Waals surface area (Å²) in [4.78, 5) is 0. The Hall–Kier alpha value is -2.48. The molecule has 1 aliphatic rings. The second-order valence-corrected chi connectivity index (χ2v) is 29.0. The van der Waals surface area contributed by atoms with Gasteiger partial charge in [-0.1, -0.05) is 261 Å². The molecule has 0 radical (unpaired) electrons. The third-order valence-electron chi connectivity index (χ3n) is 20.4. The van der Waals surface area contributed by atoms with Gasteiger partial charge in [-0.15, -0.1) is 52.6 Å². The molecule has 0 aromatic rings. The van der Waals surface area contributed by atoms with Gasteiger partial charge in [0.25, 0.3) is 0 Å². The molecule has 98 heavy (non-hydrogen) atoms. The summed E-state index contributed by atoms with van der Waals surface area (Å²) in [5.41, 5.74) is 1.12. The fraction of sp³-hybridized carbons (Fsp3) is 0.818. The molecule has 10 nitrogen and oxygen atoms in total. The van der Waals surface area contributed by atoms with Crippen molar-refractivity contribution in [1.29, 1.82) is 0 Å². The van der Waals surface area contributed by atoms with Crippen molar-refractivity contribution in [3.05, 3.63) is 101 Å². The van der Waals surface area contributed by atoms with Gasteiger partial charge in [0.15, 0.2) is 6.29 Å². The Kier molecular flexibility index (Phi) is 82.5. The van der Waals surface area contributed by atoms with E-state index in [1.54, 1.807) is 24.3 Å². The third kappa shape index (κ3) is 62.1. The van der Waals surface area contributed by atoms with Crippen molar-refractivity contribution in [2.45, 2.75) is 301 Å². The van der Waals surface area contributed by atoms with Gasteiger partial charge in [-0.2, -0.15) is 0 Å². The van der Waals surface area contributed by atoms with Crippen LogP contribution in [-0.2, 0) is 47.4 Å². The molecule has 1 saturated heterocycles. The number of hydrogen-bond acceptors (Lipinski definition) is 10. The molecule has 1 rings (SSSR count). The number of hydrogen-bond donors (Lipinski definition) is 0. The molecule has 0 bridgehead atoms. The van der Waals surface area contributed by atoms with Gasteiger partial charge in [0.1, 0.15) is 6.10 Å². The molecule has 0 saturated carbocycles. The minimum Gasteiger partial charge on any atom is -0.378 e. The molecule has 586 valence electrons. The Morgan fingerprint density at radius 2 is 0.745 bits per heavy atom. The lowest BCUT2D eigenvalue weighted by atomic mass is 9.78. The van der Waals surface area contributed by atoms with Gasteiger partial charge in [0.05, 0.1) is 91.0 Å². The molecule has 10 unspecified atom stereocenters. The molecule has 1 fully saturated rings. The van der Waals surface area contributed by atoms with E-state index in [0.29, 0.717) is 141 Å². The van der Waals surface area contributed by atoms with Crippen LogP contribution >= 0.6 is 0 Å². The van der Waals surface area contributed by atoms with E-state index in [9.17, 15) is 0 Å². The molecule has 1 heterocycles. The maximum absolute atomic E-state index is 5.96. The molecule has 0 aromatic carbocycles. The second kappa shape index (κ2) is 74.2. The zero-order valence-corrected chi connectivity index (χ0v) is 70.6. The van der Waals surface area contributed by atoms with E-state index < -0.39 is 0 Å². The molecule has 10 heteroatoms. The molecule has 0 N–H and O–H groups in total. The first-order valence-electron chi connectivity index (χ1n) is 39.3. The zero-order chi connectivity index (χ0) is 77.0. The van der Waals surface area contributed by atoms with E-state index in [1.165, 1.54) is 57.8 Å². The Morgan fingerprint density at radius 3 is 1.07 bits per heavy atom. The van der Waals surface area contributed by atoms with Crippen molar-refractivity contribution in [1.82, 2.24) is 0 Å². The fourth-order valence-electron chi connectivity index (χ4n) is 9.83. The van der Waals surface area contributed by atoms with Crippen LogP contribution in [0.1, 0.15) is 270 Å². The minimum atomic E-state index is -0.0563. The van der Waals surface area contributed by atoms with Gasteiger partial charge in [-0.05, 0) is 128 Å². The Morgan fingerprint density at radius 1 is 0.378 bits per heavy atom. The molecular weight excluding hydrogens is 1220 g/mol. The van der Waals surface area contributed by atoms with E-state index >= 15 is 0 Å². The van der Waals surface area contributed by atoms with Crippen molar-refractivity contribution < 1.29 is 47.4 Å². The van der Waals surface area contributed by atoms with E-state index in [4.69, 9.17) is 47.4 Å². The predicted molar refractivity (Wildman–Crippen MR) is 435 cm³/mol. The highest BCUT2D eigenvalue weighted by Gasteiger charge is 2.38. The highest BCUT2D eigenvalue weighted by Crippen LogP contribution is 2.37. The minimum absolute atomic E-state index is 0.00566. The summed E-state index contributed by atoms with van der Waals surface area (Å²) in [5.74, 6) is 6.41. The molecule has 0 aromatic heterocycles. The van der Waals surface area contributed by atoms with Crippen LogP contribution < -0.4 is 0 Å². The lowest BCUT2D eigenvalue weighted by molar-refractivity contribution is -0.244. The smallest absolute Gasteiger partial charge is 0.161 e. The topological polar surface area (TPSA) is 92.3 Å². The van der Waals surface area contributed by atoms with Crippen LogP contribution in [-0.4, -0.2) is 123 Å². The van der Waals surface area contributed by atoms with Crippen LogP contribution in [0.3, 0.4) is 0 Å². The van der Waals surface area contributed by atoms with Crippen molar-refractivity contribution in [3.8, 4) is 0 Å². The number of rotatable bonds is 49. The summed E-state index contributed by atoms with van der Waals surface area (Å²) < 4.78 is 56.1. The summed E-state index contributed by atoms with van der Waals surface area (Å²) in [6.45, 7) is 98.8. The average molecular weight is 1390 g/mol. The largest absolute Gasteiger partial charge is 0.378 e. The Bertz CT molecular complexity index is 1660. The lowest BCUT2D eigenvalue weighted by Gasteiger charge is -2.43. The highest BCUT2D eigenvalue weighted by atomic mass is 16.7. The van der Waals surface area contributed by atoms with Crippen LogP contribution in [0.15, 0.2) is 101 Å². The Balaban J connectivity index is -0.000000196. The quantitative estimate of drug-likeness (QED) is 0.0433. The third-order valence-corrected chi connectivity index (χ3v) is 20.4. The Labute approximate surface area is 614 Å². The van der Waals surface area contributed by atoms with Gasteiger partial charge in [-0.25, -0.2) is 0 Å². The predicted octanol–water partition coefficient (Wildman–Crippen LogP) is 25.1. The van der Waals surface area contributed by atoms with Gasteiger partial charge in [-0.3, -0.25) is 0 Å². The maximum atomic E-state index is 5.96. The van der Waals surface area contributed by atoms with Gasteiger partial charge < -0.3 is 47.4 Å². The summed E-state index contributed by atoms with van der Waals surface area (Å²) in [7, 11) is 0. The molecular formula is C88H174O10. The van der Waals surface area contributed by atoms with Crippen LogP contribution in [0.25, 0.3) is 0 Å². The van der Waals surface area contributed by atoms with Crippen LogP contribution in [0.2, 0.25) is 0 Å². The highest BCUT2D eigenvalue weighted by molar-refractivity contribution is 4.84. The fourth-order valence-corrected chi connectivity index (χ4v) is 9.83. The number of ether oxygens (including phenoxy) is 10. The van der Waals surface area contributed by atoms with E-state index in [-0.39, 0.29) is 12.4 Å². The van der Waals surface area contributed by atoms with E-state index in [0.717, 1.165) is 70.6 Å². The first-order valence-corrected chi connectivity index (χ1v) is 39.3. The van der Waals surface area contributed by atoms with Crippen molar-refractivity contribution in [2.24, 2.45) is 75.4 Å². The molecule has 0 amide bonds. The monoisotopic (exact) mass is 1390 g/mol. The standard InChI is InChI=1S/C16H32O3.C13H24O2.2C12H24O.2C11H22O.C7H14O.C6H12/c1-6-9-19-16(12-17-10-14(4)7-2)13-18-11-15(5)8-3;1-6-8-14-13-11(5)9(3)10(4)12(7-2)15-13;1-6-8-13-9-11(4)12(5)10(3)7-2;1-6-9-13-12(10(4)7-2)11(5)8-3;2*1-5-9-12-10-11(6-2,7-3)8-4;1-4-6-8-7(3)5-2;1-5-6(2,3)4/h6,14-16H,1,7-13H2,2-5H3;6,9-13H,1,7-8H2,2-5H3;2*6,10-12H,1,7-9H2,2-5H3;2*5H,1,6-10H2,2-4H3;4,7H,1,5-6H2,2-3H3;5H,1H2,2-4H3/t;9?,10-,11-,12?,13+;;;;;;/m.1....../s1. The molecule has 13 atom stereocenters. The van der Waals surface area contributed by atoms with Crippen molar-refractivity contribution in [3.63, 3.8) is 0 Å². The second-order valence-electron chi connectivity index (χ2n) is 29.0. The van der Waals surface area contributed by atoms with E-state index in [2.05, 4.69) is 240 Å². The summed E-state index contributed by atoms with van der Waals surface area (Å²) in [5, 5.41) is 0. The van der Waals surface area contributed by atoms with Crippen LogP contribution in [0.4, 0.5) is 0 Å². The normalized spacial score (nSPS) is 18.8. The number of allylic oxidation sites excluding steroid dienone is 1. The first kappa shape index (κ1) is 109. The summed E-state index contributed by atoms with van der Waals surface area (Å²) in [6.07, 6.45) is 30.9. The average Bonchev–Trinajstić information content (AvgIpc) is 0.831. The molecule has 0 spiro atoms. The summed E-state index contributed by atoms with van der Waals surface area (Å²) >= 11 is 0. The van der Waals surface area contributed by atoms with Crippen LogP contribution in [0.5, 0.6) is 0 Å². The van der Waals surface area contributed by atoms with E-state index in [1.807, 2.05) is 24.3 Å². The van der Waals surface area contributed by atoms with Gasteiger partial charge >= 0.3 is 0 Å². The maximum Gasteiger partial charge on any atom is 0.161 e. The van der Waals surface area contributed by atoms with Gasteiger partial charge in [0, 0.05) is 25.7 Å². The first-order chi connectivity index (χ1) is 46.4. The lowest BCUT2D eigenvalue weighted by Crippen LogP contribution is -2.45. The van der Waals surface area contributed by atoms with Crippen molar-refractivity contribution in [2.75, 3.05) is 92.5 Å². The summed E-state index contributed by atoms with van der Waals surface area (Å²) in [6, 6.07) is 0. The molecule has 0 aliphatic carbocycles. The zero-order valence-electron chi connectivity index (χ0n) is 70.6. The van der Waals surface area contributed by atoms with Crippen molar-refractivity contribution >= 4 is 0 Å². The van der Waals surface area contributed by atoms with Crippen LogP contribution in [0, 0.1) is 75.4 Å².